The highest BCUT2D eigenvalue weighted by molar-refractivity contribution is 5.85. The largest absolute Gasteiger partial charge is 0.372 e. The minimum atomic E-state index is 0. The lowest BCUT2D eigenvalue weighted by Gasteiger charge is -2.41. The molecule has 0 saturated carbocycles. The van der Waals surface area contributed by atoms with E-state index in [2.05, 4.69) is 48.0 Å². The van der Waals surface area contributed by atoms with Crippen molar-refractivity contribution in [1.29, 1.82) is 0 Å². The van der Waals surface area contributed by atoms with Crippen LogP contribution in [0.1, 0.15) is 30.2 Å². The molecule has 0 spiro atoms. The van der Waals surface area contributed by atoms with Gasteiger partial charge in [0.05, 0.1) is 18.8 Å². The number of rotatable bonds is 1. The number of hydrogen-bond donors (Lipinski definition) is 0. The molecule has 20 heavy (non-hydrogen) atoms. The Balaban J connectivity index is 0.000001000. The Morgan fingerprint density at radius 3 is 2.25 bits per heavy atom. The second kappa shape index (κ2) is 7.62. The Labute approximate surface area is 134 Å². The predicted octanol–water partition coefficient (Wildman–Crippen LogP) is 2.91. The summed E-state index contributed by atoms with van der Waals surface area (Å²) in [5.74, 6) is 0. The molecule has 0 N–H and O–H groups in total. The molecular weight excluding hydrogens is 295 g/mol. The van der Waals surface area contributed by atoms with Crippen molar-refractivity contribution in [3.8, 4) is 0 Å². The highest BCUT2D eigenvalue weighted by Crippen LogP contribution is 2.35. The lowest BCUT2D eigenvalue weighted by molar-refractivity contribution is -0.0146. The Morgan fingerprint density at radius 2 is 1.60 bits per heavy atom. The minimum absolute atomic E-state index is 0. The topological polar surface area (TPSA) is 15.7 Å². The molecule has 0 aliphatic carbocycles. The molecule has 2 heterocycles. The number of fused-ring (bicyclic) bond motifs is 1. The van der Waals surface area contributed by atoms with E-state index in [1.54, 1.807) is 0 Å². The summed E-state index contributed by atoms with van der Waals surface area (Å²) in [4.78, 5) is 4.97. The SMILES string of the molecule is CC1OCC(N2CCN(C)CC2)c2ccccc21.Cl.Cl. The van der Waals surface area contributed by atoms with Gasteiger partial charge in [-0.15, -0.1) is 24.8 Å². The van der Waals surface area contributed by atoms with E-state index < -0.39 is 0 Å². The summed E-state index contributed by atoms with van der Waals surface area (Å²) in [6.07, 6.45) is 0.241. The first-order valence-electron chi connectivity index (χ1n) is 6.89. The van der Waals surface area contributed by atoms with Crippen LogP contribution in [-0.4, -0.2) is 49.6 Å². The number of nitrogens with zero attached hydrogens (tertiary/aromatic N) is 2. The van der Waals surface area contributed by atoms with Crippen molar-refractivity contribution in [2.75, 3.05) is 39.8 Å². The molecule has 3 nitrogen and oxygen atoms in total. The molecule has 1 saturated heterocycles. The predicted molar refractivity (Wildman–Crippen MR) is 87.1 cm³/mol. The maximum atomic E-state index is 5.94. The Bertz CT molecular complexity index is 422. The third-order valence-electron chi connectivity index (χ3n) is 4.28. The number of halogens is 2. The first-order chi connectivity index (χ1) is 8.75. The van der Waals surface area contributed by atoms with E-state index in [-0.39, 0.29) is 30.9 Å². The Hall–Kier alpha value is -0.320. The van der Waals surface area contributed by atoms with Gasteiger partial charge in [-0.2, -0.15) is 0 Å². The third-order valence-corrected chi connectivity index (χ3v) is 4.28. The first kappa shape index (κ1) is 17.7. The van der Waals surface area contributed by atoms with Crippen LogP contribution in [-0.2, 0) is 4.74 Å². The third kappa shape index (κ3) is 3.46. The Kier molecular flexibility index (Phi) is 6.76. The van der Waals surface area contributed by atoms with Gasteiger partial charge in [0.25, 0.3) is 0 Å². The molecule has 2 unspecified atom stereocenters. The van der Waals surface area contributed by atoms with Crippen LogP contribution in [0.3, 0.4) is 0 Å². The molecule has 114 valence electrons. The number of piperazine rings is 1. The van der Waals surface area contributed by atoms with Crippen molar-refractivity contribution in [1.82, 2.24) is 9.80 Å². The Morgan fingerprint density at radius 1 is 1.00 bits per heavy atom. The smallest absolute Gasteiger partial charge is 0.0801 e. The molecule has 2 atom stereocenters. The van der Waals surface area contributed by atoms with Gasteiger partial charge in [-0.1, -0.05) is 24.3 Å². The highest BCUT2D eigenvalue weighted by Gasteiger charge is 2.30. The molecule has 1 fully saturated rings. The van der Waals surface area contributed by atoms with Gasteiger partial charge < -0.3 is 9.64 Å². The van der Waals surface area contributed by atoms with E-state index in [1.165, 1.54) is 11.1 Å². The molecule has 0 radical (unpaired) electrons. The molecule has 0 bridgehead atoms. The zero-order valence-corrected chi connectivity index (χ0v) is 13.8. The molecule has 1 aromatic carbocycles. The summed E-state index contributed by atoms with van der Waals surface area (Å²) < 4.78 is 5.94. The van der Waals surface area contributed by atoms with Crippen LogP contribution in [0.5, 0.6) is 0 Å². The van der Waals surface area contributed by atoms with Crippen molar-refractivity contribution in [3.05, 3.63) is 35.4 Å². The van der Waals surface area contributed by atoms with E-state index in [1.807, 2.05) is 0 Å². The van der Waals surface area contributed by atoms with Gasteiger partial charge in [-0.05, 0) is 25.1 Å². The summed E-state index contributed by atoms with van der Waals surface area (Å²) in [5.41, 5.74) is 2.84. The van der Waals surface area contributed by atoms with Crippen molar-refractivity contribution in [3.63, 3.8) is 0 Å². The van der Waals surface area contributed by atoms with Gasteiger partial charge in [0.15, 0.2) is 0 Å². The van der Waals surface area contributed by atoms with Crippen LogP contribution in [0.4, 0.5) is 0 Å². The minimum Gasteiger partial charge on any atom is -0.372 e. The second-order valence-corrected chi connectivity index (χ2v) is 5.46. The van der Waals surface area contributed by atoms with E-state index in [0.717, 1.165) is 32.8 Å². The molecule has 1 aromatic rings. The maximum Gasteiger partial charge on any atom is 0.0801 e. The van der Waals surface area contributed by atoms with E-state index >= 15 is 0 Å². The van der Waals surface area contributed by atoms with Gasteiger partial charge in [-0.3, -0.25) is 4.90 Å². The average Bonchev–Trinajstić information content (AvgIpc) is 2.41. The van der Waals surface area contributed by atoms with Gasteiger partial charge in [0.2, 0.25) is 0 Å². The summed E-state index contributed by atoms with van der Waals surface area (Å²) in [6.45, 7) is 7.60. The van der Waals surface area contributed by atoms with Crippen LogP contribution in [0, 0.1) is 0 Å². The quantitative estimate of drug-likeness (QED) is 0.792. The maximum absolute atomic E-state index is 5.94. The fourth-order valence-electron chi connectivity index (χ4n) is 3.04. The van der Waals surface area contributed by atoms with Gasteiger partial charge in [0.1, 0.15) is 0 Å². The average molecular weight is 319 g/mol. The molecule has 2 aliphatic heterocycles. The molecular formula is C15H24Cl2N2O. The number of hydrogen-bond acceptors (Lipinski definition) is 3. The molecule has 0 amide bonds. The molecule has 0 aromatic heterocycles. The first-order valence-corrected chi connectivity index (χ1v) is 6.89. The zero-order valence-electron chi connectivity index (χ0n) is 12.1. The van der Waals surface area contributed by atoms with Gasteiger partial charge in [-0.25, -0.2) is 0 Å². The summed E-state index contributed by atoms with van der Waals surface area (Å²) in [5, 5.41) is 0. The molecule has 5 heteroatoms. The van der Waals surface area contributed by atoms with Crippen LogP contribution < -0.4 is 0 Å². The normalized spacial score (nSPS) is 27.1. The van der Waals surface area contributed by atoms with E-state index in [4.69, 9.17) is 4.74 Å². The monoisotopic (exact) mass is 318 g/mol. The van der Waals surface area contributed by atoms with Gasteiger partial charge >= 0.3 is 0 Å². The van der Waals surface area contributed by atoms with E-state index in [9.17, 15) is 0 Å². The van der Waals surface area contributed by atoms with Crippen molar-refractivity contribution < 1.29 is 4.74 Å². The van der Waals surface area contributed by atoms with Crippen molar-refractivity contribution in [2.24, 2.45) is 0 Å². The van der Waals surface area contributed by atoms with Crippen molar-refractivity contribution in [2.45, 2.75) is 19.1 Å². The fraction of sp³-hybridized carbons (Fsp3) is 0.600. The fourth-order valence-corrected chi connectivity index (χ4v) is 3.04. The van der Waals surface area contributed by atoms with E-state index in [0.29, 0.717) is 6.04 Å². The zero-order chi connectivity index (χ0) is 12.5. The lowest BCUT2D eigenvalue weighted by atomic mass is 9.93. The molecule has 3 rings (SSSR count). The van der Waals surface area contributed by atoms with Crippen LogP contribution in [0.15, 0.2) is 24.3 Å². The van der Waals surface area contributed by atoms with Crippen LogP contribution >= 0.6 is 24.8 Å². The summed E-state index contributed by atoms with van der Waals surface area (Å²) in [7, 11) is 2.20. The van der Waals surface area contributed by atoms with Crippen LogP contribution in [0.2, 0.25) is 0 Å². The lowest BCUT2D eigenvalue weighted by Crippen LogP contribution is -2.47. The van der Waals surface area contributed by atoms with Crippen molar-refractivity contribution >= 4 is 24.8 Å². The number of likely N-dealkylation sites (N-methyl/N-ethyl adjacent to an activating group) is 1. The molecule has 2 aliphatic rings. The van der Waals surface area contributed by atoms with Crippen LogP contribution in [0.25, 0.3) is 0 Å². The highest BCUT2D eigenvalue weighted by atomic mass is 35.5. The summed E-state index contributed by atoms with van der Waals surface area (Å²) >= 11 is 0. The number of ether oxygens (including phenoxy) is 1. The second-order valence-electron chi connectivity index (χ2n) is 5.46. The summed E-state index contributed by atoms with van der Waals surface area (Å²) in [6, 6.07) is 9.20. The van der Waals surface area contributed by atoms with Gasteiger partial charge in [0, 0.05) is 26.2 Å². The number of benzene rings is 1. The standard InChI is InChI=1S/C15H22N2O.2ClH/c1-12-13-5-3-4-6-14(13)15(11-18-12)17-9-7-16(2)8-10-17;;/h3-6,12,15H,7-11H2,1-2H3;2*1H.